The molecule has 1 amide bonds. The van der Waals surface area contributed by atoms with Crippen molar-refractivity contribution in [3.63, 3.8) is 0 Å². The standard InChI is InChI=1S/C21H29NO5/c1-14-6-5-7-17(15(14)2)22-20(23)13-27-21(24)11-9-16-8-10-18(25-3)19(12-16)26-4/h8-12,14-15,17H,5-7,13H2,1-4H3,(H,22,23)/b11-9+/t14-,15+,17+/m0/s1. The molecule has 3 atom stereocenters. The van der Waals surface area contributed by atoms with E-state index in [-0.39, 0.29) is 18.6 Å². The van der Waals surface area contributed by atoms with Crippen molar-refractivity contribution in [3.05, 3.63) is 29.8 Å². The SMILES string of the molecule is COc1ccc(/C=C/C(=O)OCC(=O)N[C@@H]2CCC[C@H](C)[C@H]2C)cc1OC. The molecular formula is C21H29NO5. The summed E-state index contributed by atoms with van der Waals surface area (Å²) in [7, 11) is 3.11. The van der Waals surface area contributed by atoms with Gasteiger partial charge in [-0.1, -0.05) is 32.8 Å². The molecule has 0 heterocycles. The van der Waals surface area contributed by atoms with Crippen LogP contribution in [-0.2, 0) is 14.3 Å². The predicted octanol–water partition coefficient (Wildman–Crippen LogP) is 3.20. The highest BCUT2D eigenvalue weighted by Gasteiger charge is 2.28. The van der Waals surface area contributed by atoms with Crippen LogP contribution in [0.15, 0.2) is 24.3 Å². The molecule has 148 valence electrons. The molecule has 1 fully saturated rings. The van der Waals surface area contributed by atoms with Crippen LogP contribution in [0.4, 0.5) is 0 Å². The Morgan fingerprint density at radius 2 is 1.89 bits per heavy atom. The van der Waals surface area contributed by atoms with Gasteiger partial charge in [0.2, 0.25) is 0 Å². The Morgan fingerprint density at radius 3 is 2.59 bits per heavy atom. The molecule has 0 bridgehead atoms. The molecule has 1 aromatic rings. The summed E-state index contributed by atoms with van der Waals surface area (Å²) in [5.41, 5.74) is 0.763. The zero-order valence-electron chi connectivity index (χ0n) is 16.5. The molecule has 1 aliphatic rings. The molecular weight excluding hydrogens is 346 g/mol. The van der Waals surface area contributed by atoms with Gasteiger partial charge < -0.3 is 19.5 Å². The monoisotopic (exact) mass is 375 g/mol. The number of ether oxygens (including phenoxy) is 3. The number of carbonyl (C=O) groups excluding carboxylic acids is 2. The van der Waals surface area contributed by atoms with E-state index < -0.39 is 5.97 Å². The molecule has 1 aromatic carbocycles. The van der Waals surface area contributed by atoms with Crippen molar-refractivity contribution < 1.29 is 23.8 Å². The summed E-state index contributed by atoms with van der Waals surface area (Å²) in [6.07, 6.45) is 6.19. The number of carbonyl (C=O) groups is 2. The molecule has 1 saturated carbocycles. The van der Waals surface area contributed by atoms with E-state index >= 15 is 0 Å². The fourth-order valence-corrected chi connectivity index (χ4v) is 3.34. The fraction of sp³-hybridized carbons (Fsp3) is 0.524. The summed E-state index contributed by atoms with van der Waals surface area (Å²) >= 11 is 0. The Bertz CT molecular complexity index is 685. The summed E-state index contributed by atoms with van der Waals surface area (Å²) in [6, 6.07) is 5.45. The van der Waals surface area contributed by atoms with Crippen LogP contribution in [0.5, 0.6) is 11.5 Å². The van der Waals surface area contributed by atoms with Crippen molar-refractivity contribution in [2.45, 2.75) is 39.2 Å². The number of hydrogen-bond acceptors (Lipinski definition) is 5. The number of methoxy groups -OCH3 is 2. The van der Waals surface area contributed by atoms with E-state index in [0.717, 1.165) is 18.4 Å². The Hall–Kier alpha value is -2.50. The molecule has 0 saturated heterocycles. The van der Waals surface area contributed by atoms with Crippen LogP contribution >= 0.6 is 0 Å². The predicted molar refractivity (Wildman–Crippen MR) is 104 cm³/mol. The highest BCUT2D eigenvalue weighted by Crippen LogP contribution is 2.29. The number of amides is 1. The zero-order valence-corrected chi connectivity index (χ0v) is 16.5. The molecule has 0 aromatic heterocycles. The van der Waals surface area contributed by atoms with Crippen LogP contribution in [0.3, 0.4) is 0 Å². The maximum Gasteiger partial charge on any atom is 0.331 e. The second-order valence-corrected chi connectivity index (χ2v) is 7.00. The van der Waals surface area contributed by atoms with E-state index in [1.807, 2.05) is 0 Å². The third-order valence-electron chi connectivity index (χ3n) is 5.22. The normalized spacial score (nSPS) is 22.3. The summed E-state index contributed by atoms with van der Waals surface area (Å²) in [5, 5.41) is 2.99. The molecule has 2 rings (SSSR count). The second kappa shape index (κ2) is 10.00. The highest BCUT2D eigenvalue weighted by molar-refractivity contribution is 5.89. The summed E-state index contributed by atoms with van der Waals surface area (Å²) in [6.45, 7) is 4.10. The smallest absolute Gasteiger partial charge is 0.331 e. The van der Waals surface area contributed by atoms with Crippen molar-refractivity contribution >= 4 is 18.0 Å². The minimum atomic E-state index is -0.565. The third-order valence-corrected chi connectivity index (χ3v) is 5.22. The first-order chi connectivity index (χ1) is 12.9. The summed E-state index contributed by atoms with van der Waals surface area (Å²) in [5.74, 6) is 1.39. The van der Waals surface area contributed by atoms with Gasteiger partial charge in [0.15, 0.2) is 18.1 Å². The first kappa shape index (κ1) is 20.8. The molecule has 6 nitrogen and oxygen atoms in total. The van der Waals surface area contributed by atoms with Crippen LogP contribution in [0.1, 0.15) is 38.7 Å². The number of hydrogen-bond donors (Lipinski definition) is 1. The van der Waals surface area contributed by atoms with Gasteiger partial charge in [-0.15, -0.1) is 0 Å². The lowest BCUT2D eigenvalue weighted by Crippen LogP contribution is -2.45. The second-order valence-electron chi connectivity index (χ2n) is 7.00. The first-order valence-electron chi connectivity index (χ1n) is 9.30. The number of rotatable bonds is 7. The molecule has 6 heteroatoms. The Morgan fingerprint density at radius 1 is 1.15 bits per heavy atom. The quantitative estimate of drug-likeness (QED) is 0.585. The van der Waals surface area contributed by atoms with Gasteiger partial charge in [-0.3, -0.25) is 4.79 Å². The van der Waals surface area contributed by atoms with E-state index in [1.165, 1.54) is 12.5 Å². The highest BCUT2D eigenvalue weighted by atomic mass is 16.5. The van der Waals surface area contributed by atoms with Gasteiger partial charge in [-0.25, -0.2) is 4.79 Å². The van der Waals surface area contributed by atoms with Crippen LogP contribution < -0.4 is 14.8 Å². The van der Waals surface area contributed by atoms with Gasteiger partial charge in [0, 0.05) is 12.1 Å². The molecule has 1 N–H and O–H groups in total. The minimum Gasteiger partial charge on any atom is -0.493 e. The number of benzene rings is 1. The van der Waals surface area contributed by atoms with Crippen molar-refractivity contribution in [2.24, 2.45) is 11.8 Å². The maximum atomic E-state index is 12.1. The Labute approximate surface area is 160 Å². The maximum absolute atomic E-state index is 12.1. The van der Waals surface area contributed by atoms with Gasteiger partial charge in [-0.2, -0.15) is 0 Å². The lowest BCUT2D eigenvalue weighted by Gasteiger charge is -2.34. The van der Waals surface area contributed by atoms with Gasteiger partial charge in [0.05, 0.1) is 14.2 Å². The van der Waals surface area contributed by atoms with E-state index in [9.17, 15) is 9.59 Å². The average Bonchev–Trinajstić information content (AvgIpc) is 2.68. The lowest BCUT2D eigenvalue weighted by atomic mass is 9.78. The summed E-state index contributed by atoms with van der Waals surface area (Å²) < 4.78 is 15.4. The van der Waals surface area contributed by atoms with Crippen molar-refractivity contribution in [2.75, 3.05) is 20.8 Å². The van der Waals surface area contributed by atoms with E-state index in [4.69, 9.17) is 14.2 Å². The molecule has 0 radical (unpaired) electrons. The van der Waals surface area contributed by atoms with Gasteiger partial charge in [-0.05, 0) is 42.0 Å². The van der Waals surface area contributed by atoms with Crippen molar-refractivity contribution in [1.82, 2.24) is 5.32 Å². The third kappa shape index (κ3) is 6.01. The van der Waals surface area contributed by atoms with Crippen LogP contribution in [0.25, 0.3) is 6.08 Å². The lowest BCUT2D eigenvalue weighted by molar-refractivity contribution is -0.144. The number of nitrogens with one attached hydrogen (secondary N) is 1. The van der Waals surface area contributed by atoms with Crippen LogP contribution in [0, 0.1) is 11.8 Å². The molecule has 1 aliphatic carbocycles. The fourth-order valence-electron chi connectivity index (χ4n) is 3.34. The van der Waals surface area contributed by atoms with Crippen molar-refractivity contribution in [1.29, 1.82) is 0 Å². The molecule has 0 aliphatic heterocycles. The molecule has 0 unspecified atom stereocenters. The average molecular weight is 375 g/mol. The van der Waals surface area contributed by atoms with E-state index in [2.05, 4.69) is 19.2 Å². The van der Waals surface area contributed by atoms with Gasteiger partial charge in [0.1, 0.15) is 0 Å². The van der Waals surface area contributed by atoms with Gasteiger partial charge >= 0.3 is 5.97 Å². The molecule has 0 spiro atoms. The minimum absolute atomic E-state index is 0.155. The van der Waals surface area contributed by atoms with Gasteiger partial charge in [0.25, 0.3) is 5.91 Å². The topological polar surface area (TPSA) is 73.9 Å². The largest absolute Gasteiger partial charge is 0.493 e. The van der Waals surface area contributed by atoms with E-state index in [0.29, 0.717) is 23.3 Å². The van der Waals surface area contributed by atoms with Crippen molar-refractivity contribution in [3.8, 4) is 11.5 Å². The number of esters is 1. The van der Waals surface area contributed by atoms with Crippen LogP contribution in [-0.4, -0.2) is 38.7 Å². The van der Waals surface area contributed by atoms with E-state index in [1.54, 1.807) is 38.5 Å². The zero-order chi connectivity index (χ0) is 19.8. The molecule has 27 heavy (non-hydrogen) atoms. The Balaban J connectivity index is 1.81. The summed E-state index contributed by atoms with van der Waals surface area (Å²) in [4.78, 5) is 23.9. The Kier molecular flexibility index (Phi) is 7.70. The van der Waals surface area contributed by atoms with Crippen LogP contribution in [0.2, 0.25) is 0 Å². The first-order valence-corrected chi connectivity index (χ1v) is 9.30.